The first-order valence-electron chi connectivity index (χ1n) is 8.69. The van der Waals surface area contributed by atoms with Crippen LogP contribution in [0.15, 0.2) is 18.3 Å². The first-order valence-corrected chi connectivity index (χ1v) is 8.69. The highest BCUT2D eigenvalue weighted by molar-refractivity contribution is 5.89. The number of rotatable bonds is 3. The predicted octanol–water partition coefficient (Wildman–Crippen LogP) is 0.859. The van der Waals surface area contributed by atoms with Gasteiger partial charge < -0.3 is 14.7 Å². The van der Waals surface area contributed by atoms with Crippen LogP contribution < -0.4 is 4.90 Å². The zero-order chi connectivity index (χ0) is 18.0. The van der Waals surface area contributed by atoms with Crippen LogP contribution in [0.25, 0.3) is 0 Å². The molecule has 0 aliphatic carbocycles. The molecule has 7 nitrogen and oxygen atoms in total. The van der Waals surface area contributed by atoms with Crippen molar-refractivity contribution in [1.82, 2.24) is 14.8 Å². The highest BCUT2D eigenvalue weighted by atomic mass is 16.2. The summed E-state index contributed by atoms with van der Waals surface area (Å²) >= 11 is 0. The van der Waals surface area contributed by atoms with Crippen LogP contribution in [0.1, 0.15) is 25.8 Å². The minimum Gasteiger partial charge on any atom is -0.353 e. The first-order chi connectivity index (χ1) is 12.0. The van der Waals surface area contributed by atoms with Crippen molar-refractivity contribution >= 4 is 17.6 Å². The molecule has 3 rings (SSSR count). The van der Waals surface area contributed by atoms with E-state index in [2.05, 4.69) is 16.0 Å². The Hall–Kier alpha value is -2.62. The van der Waals surface area contributed by atoms with Gasteiger partial charge in [-0.05, 0) is 26.0 Å². The van der Waals surface area contributed by atoms with Gasteiger partial charge in [0.05, 0.1) is 17.6 Å². The summed E-state index contributed by atoms with van der Waals surface area (Å²) in [7, 11) is 0. The van der Waals surface area contributed by atoms with Gasteiger partial charge in [0.25, 0.3) is 0 Å². The second kappa shape index (κ2) is 7.09. The van der Waals surface area contributed by atoms with E-state index in [1.165, 1.54) is 0 Å². The Morgan fingerprint density at radius 1 is 1.32 bits per heavy atom. The number of nitriles is 1. The third kappa shape index (κ3) is 3.58. The van der Waals surface area contributed by atoms with Gasteiger partial charge in [-0.15, -0.1) is 0 Å². The maximum Gasteiger partial charge on any atom is 0.228 e. The molecule has 0 unspecified atom stereocenters. The number of likely N-dealkylation sites (tertiary alicyclic amines) is 1. The summed E-state index contributed by atoms with van der Waals surface area (Å²) in [6.45, 7) is 7.08. The van der Waals surface area contributed by atoms with Crippen LogP contribution in [-0.2, 0) is 9.59 Å². The largest absolute Gasteiger partial charge is 0.353 e. The summed E-state index contributed by atoms with van der Waals surface area (Å²) < 4.78 is 0. The molecule has 7 heteroatoms. The van der Waals surface area contributed by atoms with Gasteiger partial charge in [0.2, 0.25) is 11.8 Å². The first kappa shape index (κ1) is 17.2. The van der Waals surface area contributed by atoms with E-state index in [1.54, 1.807) is 23.2 Å². The Morgan fingerprint density at radius 3 is 2.64 bits per heavy atom. The van der Waals surface area contributed by atoms with Gasteiger partial charge in [0.1, 0.15) is 5.82 Å². The number of anilines is 1. The number of hydrogen-bond donors (Lipinski definition) is 0. The van der Waals surface area contributed by atoms with Crippen molar-refractivity contribution in [3.63, 3.8) is 0 Å². The lowest BCUT2D eigenvalue weighted by molar-refractivity contribution is -0.136. The van der Waals surface area contributed by atoms with Crippen molar-refractivity contribution < 1.29 is 9.59 Å². The van der Waals surface area contributed by atoms with Crippen LogP contribution in [0, 0.1) is 17.2 Å². The number of pyridine rings is 1. The SMILES string of the molecule is CC(C)N1C[C@H](C(=O)N2CCN(c3cc(C#N)ccn3)CC2)CC1=O. The maximum absolute atomic E-state index is 12.7. The van der Waals surface area contributed by atoms with Crippen LogP contribution in [-0.4, -0.2) is 65.4 Å². The zero-order valence-corrected chi connectivity index (χ0v) is 14.7. The smallest absolute Gasteiger partial charge is 0.228 e. The molecule has 1 aromatic rings. The lowest BCUT2D eigenvalue weighted by Gasteiger charge is -2.36. The van der Waals surface area contributed by atoms with E-state index in [9.17, 15) is 9.59 Å². The van der Waals surface area contributed by atoms with E-state index in [-0.39, 0.29) is 23.8 Å². The number of carbonyl (C=O) groups is 2. The van der Waals surface area contributed by atoms with Gasteiger partial charge in [0, 0.05) is 51.4 Å². The number of amides is 2. The predicted molar refractivity (Wildman–Crippen MR) is 92.7 cm³/mol. The van der Waals surface area contributed by atoms with E-state index >= 15 is 0 Å². The summed E-state index contributed by atoms with van der Waals surface area (Å²) in [4.78, 5) is 34.8. The molecule has 0 aromatic carbocycles. The molecule has 2 fully saturated rings. The summed E-state index contributed by atoms with van der Waals surface area (Å²) in [5, 5.41) is 9.00. The van der Waals surface area contributed by atoms with Gasteiger partial charge in [-0.25, -0.2) is 4.98 Å². The zero-order valence-electron chi connectivity index (χ0n) is 14.7. The fourth-order valence-electron chi connectivity index (χ4n) is 3.47. The van der Waals surface area contributed by atoms with Crippen LogP contribution >= 0.6 is 0 Å². The van der Waals surface area contributed by atoms with E-state index in [1.807, 2.05) is 18.7 Å². The Balaban J connectivity index is 1.58. The third-order valence-corrected chi connectivity index (χ3v) is 4.92. The molecule has 0 saturated carbocycles. The standard InChI is InChI=1S/C18H23N5O2/c1-13(2)23-12-15(10-17(23)24)18(25)22-7-5-21(6-8-22)16-9-14(11-19)3-4-20-16/h3-4,9,13,15H,5-8,10,12H2,1-2H3/t15-/m1/s1. The molecular weight excluding hydrogens is 318 g/mol. The molecule has 2 amide bonds. The van der Waals surface area contributed by atoms with E-state index in [0.29, 0.717) is 44.7 Å². The number of piperazine rings is 1. The third-order valence-electron chi connectivity index (χ3n) is 4.92. The quantitative estimate of drug-likeness (QED) is 0.814. The summed E-state index contributed by atoms with van der Waals surface area (Å²) in [6.07, 6.45) is 1.96. The van der Waals surface area contributed by atoms with Crippen molar-refractivity contribution in [2.24, 2.45) is 5.92 Å². The van der Waals surface area contributed by atoms with E-state index < -0.39 is 0 Å². The average molecular weight is 341 g/mol. The second-order valence-corrected chi connectivity index (χ2v) is 6.87. The molecule has 0 N–H and O–H groups in total. The molecule has 1 aromatic heterocycles. The number of carbonyl (C=O) groups excluding carboxylic acids is 2. The normalized spacial score (nSPS) is 21.0. The van der Waals surface area contributed by atoms with Crippen molar-refractivity contribution in [1.29, 1.82) is 5.26 Å². The van der Waals surface area contributed by atoms with E-state index in [4.69, 9.17) is 5.26 Å². The van der Waals surface area contributed by atoms with Crippen LogP contribution in [0.5, 0.6) is 0 Å². The van der Waals surface area contributed by atoms with Crippen LogP contribution in [0.3, 0.4) is 0 Å². The Kier molecular flexibility index (Phi) is 4.88. The number of aromatic nitrogens is 1. The molecule has 0 spiro atoms. The molecule has 132 valence electrons. The second-order valence-electron chi connectivity index (χ2n) is 6.87. The molecule has 3 heterocycles. The van der Waals surface area contributed by atoms with Gasteiger partial charge >= 0.3 is 0 Å². The molecular formula is C18H23N5O2. The molecule has 2 aliphatic heterocycles. The van der Waals surface area contributed by atoms with E-state index in [0.717, 1.165) is 5.82 Å². The number of nitrogens with zero attached hydrogens (tertiary/aromatic N) is 5. The van der Waals surface area contributed by atoms with Gasteiger partial charge in [0.15, 0.2) is 0 Å². The monoisotopic (exact) mass is 341 g/mol. The Morgan fingerprint density at radius 2 is 2.04 bits per heavy atom. The van der Waals surface area contributed by atoms with Crippen LogP contribution in [0.2, 0.25) is 0 Å². The molecule has 1 atom stereocenters. The van der Waals surface area contributed by atoms with Gasteiger partial charge in [-0.2, -0.15) is 5.26 Å². The minimum absolute atomic E-state index is 0.0736. The average Bonchev–Trinajstić information content (AvgIpc) is 3.03. The maximum atomic E-state index is 12.7. The van der Waals surface area contributed by atoms with Crippen molar-refractivity contribution in [3.8, 4) is 6.07 Å². The van der Waals surface area contributed by atoms with Crippen molar-refractivity contribution in [3.05, 3.63) is 23.9 Å². The Labute approximate surface area is 147 Å². The number of hydrogen-bond acceptors (Lipinski definition) is 5. The summed E-state index contributed by atoms with van der Waals surface area (Å²) in [6, 6.07) is 5.71. The van der Waals surface area contributed by atoms with Crippen molar-refractivity contribution in [2.45, 2.75) is 26.3 Å². The highest BCUT2D eigenvalue weighted by Crippen LogP contribution is 2.23. The lowest BCUT2D eigenvalue weighted by Crippen LogP contribution is -2.51. The minimum atomic E-state index is -0.221. The molecule has 25 heavy (non-hydrogen) atoms. The highest BCUT2D eigenvalue weighted by Gasteiger charge is 2.38. The molecule has 2 aliphatic rings. The molecule has 0 radical (unpaired) electrons. The fourth-order valence-corrected chi connectivity index (χ4v) is 3.47. The summed E-state index contributed by atoms with van der Waals surface area (Å²) in [5.74, 6) is 0.703. The fraction of sp³-hybridized carbons (Fsp3) is 0.556. The van der Waals surface area contributed by atoms with Crippen LogP contribution in [0.4, 0.5) is 5.82 Å². The molecule has 2 saturated heterocycles. The van der Waals surface area contributed by atoms with Crippen molar-refractivity contribution in [2.75, 3.05) is 37.6 Å². The van der Waals surface area contributed by atoms with Gasteiger partial charge in [-0.1, -0.05) is 0 Å². The molecule has 0 bridgehead atoms. The van der Waals surface area contributed by atoms with Gasteiger partial charge in [-0.3, -0.25) is 9.59 Å². The Bertz CT molecular complexity index is 704. The lowest BCUT2D eigenvalue weighted by atomic mass is 10.1. The topological polar surface area (TPSA) is 80.5 Å². The summed E-state index contributed by atoms with van der Waals surface area (Å²) in [5.41, 5.74) is 0.585.